The van der Waals surface area contributed by atoms with Crippen molar-refractivity contribution >= 4 is 110 Å². The zero-order chi connectivity index (χ0) is 95.1. The molecule has 0 spiro atoms. The van der Waals surface area contributed by atoms with Crippen molar-refractivity contribution in [3.05, 3.63) is 147 Å². The van der Waals surface area contributed by atoms with Crippen LogP contribution in [0.3, 0.4) is 0 Å². The zero-order valence-electron chi connectivity index (χ0n) is 76.4. The number of nitrogens with one attached hydrogen (secondary N) is 4. The summed E-state index contributed by atoms with van der Waals surface area (Å²) < 4.78 is 173. The van der Waals surface area contributed by atoms with Gasteiger partial charge in [0, 0.05) is 196 Å². The summed E-state index contributed by atoms with van der Waals surface area (Å²) in [4.78, 5) is 72.4. The number of benzene rings is 4. The van der Waals surface area contributed by atoms with Crippen molar-refractivity contribution in [3.63, 3.8) is 0 Å². The van der Waals surface area contributed by atoms with Crippen LogP contribution in [0.25, 0.3) is 43.6 Å². The first-order chi connectivity index (χ1) is 61.2. The van der Waals surface area contributed by atoms with Crippen LogP contribution in [0.2, 0.25) is 0 Å². The van der Waals surface area contributed by atoms with E-state index in [-0.39, 0.29) is 60.2 Å². The van der Waals surface area contributed by atoms with Gasteiger partial charge in [0.2, 0.25) is 0 Å². The van der Waals surface area contributed by atoms with Crippen molar-refractivity contribution in [1.29, 1.82) is 0 Å². The summed E-state index contributed by atoms with van der Waals surface area (Å²) in [7, 11) is 10.4. The zero-order valence-corrected chi connectivity index (χ0v) is 79.5. The van der Waals surface area contributed by atoms with Crippen LogP contribution in [0, 0.1) is 41.5 Å². The minimum atomic E-state index is -4.22. The van der Waals surface area contributed by atoms with E-state index >= 15 is 0 Å². The van der Waals surface area contributed by atoms with Crippen LogP contribution in [0.4, 0.5) is 75.4 Å². The third kappa shape index (κ3) is 24.4. The maximum Gasteiger partial charge on any atom is 0.401 e. The lowest BCUT2D eigenvalue weighted by Gasteiger charge is -2.40. The highest BCUT2D eigenvalue weighted by molar-refractivity contribution is 9.10. The van der Waals surface area contributed by atoms with E-state index in [1.54, 1.807) is 72.5 Å². The molecule has 712 valence electrons. The van der Waals surface area contributed by atoms with E-state index in [9.17, 15) is 71.9 Å². The first-order valence-corrected chi connectivity index (χ1v) is 45.3. The number of hydrogen-bond acceptors (Lipinski definition) is 18. The number of aromatic amines is 2. The number of piperidine rings is 4. The molecule has 0 bridgehead atoms. The second-order valence-corrected chi connectivity index (χ2v) is 35.7. The van der Waals surface area contributed by atoms with Crippen LogP contribution in [-0.4, -0.2) is 248 Å². The molecule has 4 aliphatic heterocycles. The van der Waals surface area contributed by atoms with E-state index in [1.807, 2.05) is 71.1 Å². The fourth-order valence-electron chi connectivity index (χ4n) is 18.9. The molecule has 2 amide bonds. The van der Waals surface area contributed by atoms with Crippen molar-refractivity contribution in [3.8, 4) is 11.5 Å². The molecule has 26 nitrogen and oxygen atoms in total. The standard InChI is InChI=1S/2C27H35F3N6O3.2C18H24BrF3N4/c1-6-36(18-7-9-35(10-8-18)15-27(28,29)30)24-17(3)19(12-22-20(24)14-32-34(22)4)25(37)31-13-21-23(39-5)11-16(2)33-26(21)38;1-6-36(18-7-9-35(10-8-18)15-27(28,29)30)24-17(3)19(12-22-21(24)14-34(4)33-22)25(37)31-13-20-23(39-5)11-16(2)32-26(20)38;1-4-26(13-5-7-25(8-6-13)11-18(20,21)22)17-12(2)15(19)9-16-14(17)10-24(3)23-16;1-4-26(13-5-7-25(8-6-13)11-18(20,21)22)17-12(2)15(19)9-16-14(17)10-23-24(16)3/h11-12,14,18H,6-10,13,15H2,1-5H3,(H,31,37)(H,33,38);11-12,14,18H,6-10,13,15H2,1-5H3,(H,31,37)(H,32,38);2*9-10,13H,4-8,11H2,1-3H3. The van der Waals surface area contributed by atoms with Crippen molar-refractivity contribution in [2.75, 3.05) is 139 Å². The van der Waals surface area contributed by atoms with Gasteiger partial charge in [0.25, 0.3) is 22.9 Å². The molecule has 0 aliphatic carbocycles. The molecule has 0 atom stereocenters. The average Bonchev–Trinajstić information content (AvgIpc) is 1.70. The van der Waals surface area contributed by atoms with E-state index in [1.165, 1.54) is 33.8 Å². The Kier molecular flexibility index (Phi) is 33.0. The van der Waals surface area contributed by atoms with Crippen molar-refractivity contribution in [1.82, 2.24) is 79.3 Å². The van der Waals surface area contributed by atoms with E-state index in [2.05, 4.69) is 126 Å². The third-order valence-corrected chi connectivity index (χ3v) is 26.7. The Labute approximate surface area is 764 Å². The Hall–Kier alpha value is -9.64. The van der Waals surface area contributed by atoms with Gasteiger partial charge in [-0.05, 0) is 179 Å². The van der Waals surface area contributed by atoms with Gasteiger partial charge in [0.1, 0.15) is 11.5 Å². The average molecular weight is 1960 g/mol. The van der Waals surface area contributed by atoms with Gasteiger partial charge >= 0.3 is 24.7 Å². The van der Waals surface area contributed by atoms with E-state index in [4.69, 9.17) is 9.47 Å². The Morgan fingerprint density at radius 2 is 0.715 bits per heavy atom. The third-order valence-electron chi connectivity index (χ3n) is 25.1. The molecule has 10 aromatic rings. The smallest absolute Gasteiger partial charge is 0.401 e. The van der Waals surface area contributed by atoms with Gasteiger partial charge in [0.15, 0.2) is 0 Å². The van der Waals surface area contributed by atoms with Crippen LogP contribution in [-0.2, 0) is 41.3 Å². The molecule has 10 heterocycles. The monoisotopic (exact) mass is 1960 g/mol. The van der Waals surface area contributed by atoms with Gasteiger partial charge in [-0.15, -0.1) is 0 Å². The van der Waals surface area contributed by atoms with E-state index in [0.29, 0.717) is 142 Å². The largest absolute Gasteiger partial charge is 0.496 e. The molecule has 40 heteroatoms. The summed E-state index contributed by atoms with van der Waals surface area (Å²) in [6.45, 7) is 22.3. The number of likely N-dealkylation sites (tertiary alicyclic amines) is 4. The number of H-pyrrole nitrogens is 2. The number of aromatic nitrogens is 10. The highest BCUT2D eigenvalue weighted by Crippen LogP contribution is 2.43. The number of rotatable bonds is 24. The van der Waals surface area contributed by atoms with Gasteiger partial charge < -0.3 is 49.7 Å². The van der Waals surface area contributed by atoms with Gasteiger partial charge in [-0.25, -0.2) is 0 Å². The van der Waals surface area contributed by atoms with Gasteiger partial charge in [-0.3, -0.25) is 57.5 Å². The molecule has 14 rings (SSSR count). The normalized spacial score (nSPS) is 15.9. The lowest BCUT2D eigenvalue weighted by atomic mass is 9.97. The molecule has 4 N–H and O–H groups in total. The van der Waals surface area contributed by atoms with Crippen LogP contribution in [0.5, 0.6) is 11.5 Å². The van der Waals surface area contributed by atoms with Crippen LogP contribution in [0.15, 0.2) is 79.7 Å². The minimum absolute atomic E-state index is 0.0228. The number of fused-ring (bicyclic) bond motifs is 4. The topological polar surface area (TPSA) is 240 Å². The first-order valence-electron chi connectivity index (χ1n) is 43.7. The van der Waals surface area contributed by atoms with Crippen molar-refractivity contribution in [2.45, 2.75) is 183 Å². The highest BCUT2D eigenvalue weighted by Gasteiger charge is 2.40. The molecule has 4 aliphatic rings. The number of carbonyl (C=O) groups excluding carboxylic acids is 2. The predicted molar refractivity (Wildman–Crippen MR) is 490 cm³/mol. The SMILES string of the molecule is CCN(c1c(C)c(Br)cc2c1cnn2C)C1CCN(CC(F)(F)F)CC1.CCN(c1c(C)c(Br)cc2nn(C)cc12)C1CCN(CC(F)(F)F)CC1.CCN(c1c(C)c(C(=O)NCc2c(OC)cc(C)[nH]c2=O)cc2c1cnn2C)C1CCN(CC(F)(F)F)CC1.CCN(c1c(C)c(C(=O)NCc2c(OC)cc(C)[nH]c2=O)cc2nn(C)cc12)C1CCN(CC(F)(F)F)CC1. The quantitative estimate of drug-likeness (QED) is 0.0411. The molecular formula is C90H118Br2F12N20O6. The number of amides is 2. The van der Waals surface area contributed by atoms with E-state index < -0.39 is 50.9 Å². The molecule has 0 unspecified atom stereocenters. The van der Waals surface area contributed by atoms with Gasteiger partial charge in [-0.1, -0.05) is 31.9 Å². The molecule has 4 fully saturated rings. The molecular weight excluding hydrogens is 1840 g/mol. The summed E-state index contributed by atoms with van der Waals surface area (Å²) in [6.07, 6.45) is -3.86. The number of carbonyl (C=O) groups is 2. The number of anilines is 4. The fraction of sp³-hybridized carbons (Fsp3) is 0.556. The highest BCUT2D eigenvalue weighted by atomic mass is 79.9. The predicted octanol–water partition coefficient (Wildman–Crippen LogP) is 16.3. The first kappa shape index (κ1) is 101. The summed E-state index contributed by atoms with van der Waals surface area (Å²) in [6, 6.07) is 11.5. The summed E-state index contributed by atoms with van der Waals surface area (Å²) in [5.41, 5.74) is 13.3. The lowest BCUT2D eigenvalue weighted by molar-refractivity contribution is -0.148. The van der Waals surface area contributed by atoms with Gasteiger partial charge in [0.05, 0.1) is 122 Å². The van der Waals surface area contributed by atoms with Crippen LogP contribution < -0.4 is 50.8 Å². The summed E-state index contributed by atoms with van der Waals surface area (Å²) in [5.74, 6) is 0.0718. The summed E-state index contributed by atoms with van der Waals surface area (Å²) >= 11 is 7.28. The van der Waals surface area contributed by atoms with Crippen LogP contribution in [0.1, 0.15) is 145 Å². The summed E-state index contributed by atoms with van der Waals surface area (Å²) in [5, 5.41) is 27.5. The Morgan fingerprint density at radius 3 is 1.03 bits per heavy atom. The number of hydrogen-bond donors (Lipinski definition) is 4. The fourth-order valence-corrected chi connectivity index (χ4v) is 19.8. The molecule has 0 radical (unpaired) electrons. The molecule has 6 aromatic heterocycles. The number of methoxy groups -OCH3 is 2. The number of aryl methyl sites for hydroxylation is 6. The number of pyridine rings is 2. The Balaban J connectivity index is 0.000000171. The molecule has 4 aromatic carbocycles. The second kappa shape index (κ2) is 42.5. The number of ether oxygens (including phenoxy) is 2. The van der Waals surface area contributed by atoms with Gasteiger partial charge in [-0.2, -0.15) is 73.1 Å². The maximum absolute atomic E-state index is 13.5. The number of halogens is 14. The van der Waals surface area contributed by atoms with Crippen LogP contribution >= 0.6 is 31.9 Å². The van der Waals surface area contributed by atoms with Crippen molar-refractivity contribution in [2.24, 2.45) is 28.2 Å². The lowest BCUT2D eigenvalue weighted by Crippen LogP contribution is -2.47. The molecule has 0 saturated carbocycles. The molecule has 130 heavy (non-hydrogen) atoms. The number of alkyl halides is 12. The minimum Gasteiger partial charge on any atom is -0.496 e. The second-order valence-electron chi connectivity index (χ2n) is 34.0. The Bertz CT molecular complexity index is 5620. The van der Waals surface area contributed by atoms with E-state index in [0.717, 1.165) is 131 Å². The molecule has 4 saturated heterocycles. The Morgan fingerprint density at radius 1 is 0.431 bits per heavy atom. The number of nitrogens with zero attached hydrogens (tertiary/aromatic N) is 16. The maximum atomic E-state index is 13.5. The van der Waals surface area contributed by atoms with Crippen molar-refractivity contribution < 1.29 is 71.7 Å².